The monoisotopic (exact) mass is 180 g/mol. The zero-order valence-electron chi connectivity index (χ0n) is 9.85. The van der Waals surface area contributed by atoms with Gasteiger partial charge in [-0.3, -0.25) is 0 Å². The lowest BCUT2D eigenvalue weighted by Crippen LogP contribution is -1.94. The van der Waals surface area contributed by atoms with Crippen LogP contribution in [0, 0.1) is 29.6 Å². The van der Waals surface area contributed by atoms with Gasteiger partial charge in [0.1, 0.15) is 0 Å². The van der Waals surface area contributed by atoms with E-state index in [9.17, 15) is 0 Å². The van der Waals surface area contributed by atoms with Crippen LogP contribution in [0.3, 0.4) is 0 Å². The van der Waals surface area contributed by atoms with Crippen LogP contribution in [0.5, 0.6) is 0 Å². The van der Waals surface area contributed by atoms with E-state index in [1.165, 1.54) is 19.3 Å². The van der Waals surface area contributed by atoms with Crippen molar-refractivity contribution in [3.63, 3.8) is 0 Å². The van der Waals surface area contributed by atoms with Gasteiger partial charge in [0.2, 0.25) is 0 Å². The number of rotatable bonds is 4. The minimum Gasteiger partial charge on any atom is -0.100 e. The van der Waals surface area contributed by atoms with Crippen LogP contribution in [0.15, 0.2) is 0 Å². The fraction of sp³-hybridized carbons (Fsp3) is 0.846. The van der Waals surface area contributed by atoms with Crippen molar-refractivity contribution >= 4 is 0 Å². The molecular formula is C13H24. The summed E-state index contributed by atoms with van der Waals surface area (Å²) in [6.45, 7) is 11.1. The van der Waals surface area contributed by atoms with Gasteiger partial charge in [0.05, 0.1) is 0 Å². The van der Waals surface area contributed by atoms with Gasteiger partial charge in [0.15, 0.2) is 0 Å². The molecule has 0 aromatic rings. The van der Waals surface area contributed by atoms with Crippen molar-refractivity contribution in [1.82, 2.24) is 0 Å². The first-order valence-corrected chi connectivity index (χ1v) is 5.53. The Balaban J connectivity index is 3.53. The Bertz CT molecular complexity index is 166. The Morgan fingerprint density at radius 3 is 1.92 bits per heavy atom. The summed E-state index contributed by atoms with van der Waals surface area (Å²) in [5.41, 5.74) is 0. The van der Waals surface area contributed by atoms with Gasteiger partial charge in [0.25, 0.3) is 0 Å². The van der Waals surface area contributed by atoms with E-state index < -0.39 is 0 Å². The molecule has 0 saturated heterocycles. The van der Waals surface area contributed by atoms with Crippen LogP contribution in [-0.4, -0.2) is 0 Å². The zero-order chi connectivity index (χ0) is 10.3. The quantitative estimate of drug-likeness (QED) is 0.571. The Morgan fingerprint density at radius 2 is 1.46 bits per heavy atom. The van der Waals surface area contributed by atoms with Crippen LogP contribution in [0.1, 0.15) is 53.9 Å². The first kappa shape index (κ1) is 12.6. The van der Waals surface area contributed by atoms with Gasteiger partial charge in [-0.05, 0) is 12.3 Å². The molecule has 0 fully saturated rings. The highest BCUT2D eigenvalue weighted by Gasteiger charge is 1.99. The van der Waals surface area contributed by atoms with Gasteiger partial charge in [-0.15, -0.1) is 5.92 Å². The van der Waals surface area contributed by atoms with Crippen molar-refractivity contribution in [3.8, 4) is 11.8 Å². The summed E-state index contributed by atoms with van der Waals surface area (Å²) in [7, 11) is 0. The second kappa shape index (κ2) is 7.01. The molecule has 0 aliphatic carbocycles. The molecule has 0 aromatic heterocycles. The topological polar surface area (TPSA) is 0 Å². The molecule has 0 heteroatoms. The predicted octanol–water partition coefficient (Wildman–Crippen LogP) is 4.11. The Kier molecular flexibility index (Phi) is 6.77. The van der Waals surface area contributed by atoms with Crippen LogP contribution in [0.2, 0.25) is 0 Å². The van der Waals surface area contributed by atoms with Gasteiger partial charge < -0.3 is 0 Å². The van der Waals surface area contributed by atoms with Gasteiger partial charge in [-0.1, -0.05) is 53.4 Å². The van der Waals surface area contributed by atoms with Crippen LogP contribution in [0.25, 0.3) is 0 Å². The fourth-order valence-electron chi connectivity index (χ4n) is 1.21. The second-order valence-corrected chi connectivity index (χ2v) is 4.67. The Morgan fingerprint density at radius 1 is 0.846 bits per heavy atom. The van der Waals surface area contributed by atoms with Gasteiger partial charge in [-0.25, -0.2) is 0 Å². The highest BCUT2D eigenvalue weighted by molar-refractivity contribution is 5.04. The van der Waals surface area contributed by atoms with E-state index in [2.05, 4.69) is 46.5 Å². The van der Waals surface area contributed by atoms with Gasteiger partial charge in [-0.2, -0.15) is 0 Å². The molecule has 0 aromatic carbocycles. The molecule has 0 radical (unpaired) electrons. The summed E-state index contributed by atoms with van der Waals surface area (Å²) in [5, 5.41) is 0. The molecule has 0 amide bonds. The largest absolute Gasteiger partial charge is 0.100 e. The molecule has 0 aliphatic heterocycles. The van der Waals surface area contributed by atoms with Crippen LogP contribution < -0.4 is 0 Å². The third-order valence-electron chi connectivity index (χ3n) is 2.04. The summed E-state index contributed by atoms with van der Waals surface area (Å²) in [5.74, 6) is 8.48. The third-order valence-corrected chi connectivity index (χ3v) is 2.04. The van der Waals surface area contributed by atoms with Crippen molar-refractivity contribution in [2.45, 2.75) is 53.9 Å². The lowest BCUT2D eigenvalue weighted by Gasteiger charge is -2.06. The predicted molar refractivity (Wildman–Crippen MR) is 60.5 cm³/mol. The molecular weight excluding hydrogens is 156 g/mol. The zero-order valence-corrected chi connectivity index (χ0v) is 9.85. The molecule has 0 N–H and O–H groups in total. The first-order valence-electron chi connectivity index (χ1n) is 5.53. The number of hydrogen-bond donors (Lipinski definition) is 0. The molecule has 0 nitrogen and oxygen atoms in total. The lowest BCUT2D eigenvalue weighted by molar-refractivity contribution is 0.507. The summed E-state index contributed by atoms with van der Waals surface area (Å²) in [4.78, 5) is 0. The standard InChI is InChI=1S/C13H24/c1-11(2)7-6-8-13(5)10-9-12(3)4/h11-13H,6-8H2,1-5H3. The SMILES string of the molecule is CC(C)C#CC(C)CCCC(C)C. The summed E-state index contributed by atoms with van der Waals surface area (Å²) >= 11 is 0. The van der Waals surface area contributed by atoms with E-state index >= 15 is 0 Å². The van der Waals surface area contributed by atoms with Crippen LogP contribution in [-0.2, 0) is 0 Å². The van der Waals surface area contributed by atoms with Gasteiger partial charge >= 0.3 is 0 Å². The molecule has 1 atom stereocenters. The van der Waals surface area contributed by atoms with Crippen molar-refractivity contribution in [3.05, 3.63) is 0 Å². The Labute approximate surface area is 84.1 Å². The normalized spacial score (nSPS) is 12.8. The maximum absolute atomic E-state index is 3.31. The molecule has 0 rings (SSSR count). The van der Waals surface area contributed by atoms with E-state index in [1.54, 1.807) is 0 Å². The van der Waals surface area contributed by atoms with E-state index in [1.807, 2.05) is 0 Å². The maximum atomic E-state index is 3.31. The molecule has 0 saturated carbocycles. The second-order valence-electron chi connectivity index (χ2n) is 4.67. The van der Waals surface area contributed by atoms with Gasteiger partial charge in [0, 0.05) is 11.8 Å². The molecule has 0 bridgehead atoms. The average Bonchev–Trinajstić information content (AvgIpc) is 2.00. The summed E-state index contributed by atoms with van der Waals surface area (Å²) < 4.78 is 0. The minimum absolute atomic E-state index is 0.521. The lowest BCUT2D eigenvalue weighted by atomic mass is 9.99. The maximum Gasteiger partial charge on any atom is 0.0174 e. The van der Waals surface area contributed by atoms with Crippen molar-refractivity contribution in [2.75, 3.05) is 0 Å². The van der Waals surface area contributed by atoms with E-state index in [4.69, 9.17) is 0 Å². The number of hydrogen-bond acceptors (Lipinski definition) is 0. The first-order chi connectivity index (χ1) is 6.02. The third kappa shape index (κ3) is 9.47. The molecule has 13 heavy (non-hydrogen) atoms. The molecule has 0 heterocycles. The highest BCUT2D eigenvalue weighted by Crippen LogP contribution is 2.11. The molecule has 0 spiro atoms. The fourth-order valence-corrected chi connectivity index (χ4v) is 1.21. The minimum atomic E-state index is 0.521. The highest BCUT2D eigenvalue weighted by atomic mass is 14.0. The van der Waals surface area contributed by atoms with E-state index in [0.29, 0.717) is 11.8 Å². The molecule has 1 unspecified atom stereocenters. The van der Waals surface area contributed by atoms with Crippen molar-refractivity contribution in [1.29, 1.82) is 0 Å². The Hall–Kier alpha value is -0.440. The summed E-state index contributed by atoms with van der Waals surface area (Å²) in [6.07, 6.45) is 3.93. The van der Waals surface area contributed by atoms with E-state index in [0.717, 1.165) is 5.92 Å². The van der Waals surface area contributed by atoms with E-state index in [-0.39, 0.29) is 0 Å². The van der Waals surface area contributed by atoms with Crippen LogP contribution >= 0.6 is 0 Å². The van der Waals surface area contributed by atoms with Crippen molar-refractivity contribution in [2.24, 2.45) is 17.8 Å². The smallest absolute Gasteiger partial charge is 0.0174 e. The van der Waals surface area contributed by atoms with Crippen molar-refractivity contribution < 1.29 is 0 Å². The molecule has 76 valence electrons. The van der Waals surface area contributed by atoms with Crippen LogP contribution in [0.4, 0.5) is 0 Å². The molecule has 0 aliphatic rings. The summed E-state index contributed by atoms with van der Waals surface area (Å²) in [6, 6.07) is 0. The average molecular weight is 180 g/mol.